The van der Waals surface area contributed by atoms with Gasteiger partial charge in [-0.25, -0.2) is 9.78 Å². The van der Waals surface area contributed by atoms with E-state index in [9.17, 15) is 4.79 Å². The van der Waals surface area contributed by atoms with Crippen LogP contribution in [0.1, 0.15) is 21.5 Å². The number of benzene rings is 1. The predicted octanol–water partition coefficient (Wildman–Crippen LogP) is 2.31. The summed E-state index contributed by atoms with van der Waals surface area (Å²) in [5.74, 6) is -0.451. The molecule has 0 atom stereocenters. The van der Waals surface area contributed by atoms with Gasteiger partial charge in [-0.2, -0.15) is 0 Å². The van der Waals surface area contributed by atoms with Crippen LogP contribution in [0.5, 0.6) is 0 Å². The van der Waals surface area contributed by atoms with E-state index in [1.807, 2.05) is 43.1 Å². The van der Waals surface area contributed by atoms with Crippen LogP contribution in [-0.2, 0) is 6.54 Å². The molecule has 0 aliphatic rings. The molecular formula is C15H17N3O2. The van der Waals surface area contributed by atoms with Gasteiger partial charge in [-0.15, -0.1) is 0 Å². The van der Waals surface area contributed by atoms with Crippen LogP contribution in [-0.4, -0.2) is 23.1 Å². The number of aromatic nitrogens is 1. The second kappa shape index (κ2) is 5.61. The zero-order valence-corrected chi connectivity index (χ0v) is 11.5. The number of nitrogen functional groups attached to an aromatic ring is 1. The lowest BCUT2D eigenvalue weighted by atomic mass is 10.1. The Balaban J connectivity index is 2.18. The summed E-state index contributed by atoms with van der Waals surface area (Å²) in [6, 6.07) is 9.62. The maximum absolute atomic E-state index is 10.8. The van der Waals surface area contributed by atoms with Crippen LogP contribution >= 0.6 is 0 Å². The lowest BCUT2D eigenvalue weighted by Gasteiger charge is -2.20. The van der Waals surface area contributed by atoms with Gasteiger partial charge in [-0.3, -0.25) is 0 Å². The summed E-state index contributed by atoms with van der Waals surface area (Å²) in [6.45, 7) is 2.70. The second-order valence-corrected chi connectivity index (χ2v) is 4.78. The van der Waals surface area contributed by atoms with Crippen LogP contribution in [0.4, 0.5) is 11.5 Å². The molecule has 104 valence electrons. The molecule has 0 unspecified atom stereocenters. The third-order valence-electron chi connectivity index (χ3n) is 3.04. The first-order chi connectivity index (χ1) is 9.47. The average molecular weight is 271 g/mol. The lowest BCUT2D eigenvalue weighted by Crippen LogP contribution is -2.19. The summed E-state index contributed by atoms with van der Waals surface area (Å²) in [5.41, 5.74) is 8.67. The third-order valence-corrected chi connectivity index (χ3v) is 3.04. The number of pyridine rings is 1. The van der Waals surface area contributed by atoms with Crippen molar-refractivity contribution >= 4 is 17.5 Å². The minimum atomic E-state index is -1.03. The van der Waals surface area contributed by atoms with Crippen molar-refractivity contribution < 1.29 is 9.90 Å². The summed E-state index contributed by atoms with van der Waals surface area (Å²) in [7, 11) is 1.87. The van der Waals surface area contributed by atoms with Crippen LogP contribution in [0.15, 0.2) is 36.5 Å². The molecule has 5 heteroatoms. The van der Waals surface area contributed by atoms with Gasteiger partial charge in [0, 0.05) is 19.8 Å². The number of aryl methyl sites for hydroxylation is 1. The molecule has 5 nitrogen and oxygen atoms in total. The molecule has 0 bridgehead atoms. The van der Waals surface area contributed by atoms with E-state index >= 15 is 0 Å². The van der Waals surface area contributed by atoms with E-state index in [2.05, 4.69) is 4.98 Å². The van der Waals surface area contributed by atoms with Crippen LogP contribution in [0.2, 0.25) is 0 Å². The van der Waals surface area contributed by atoms with Crippen molar-refractivity contribution in [2.75, 3.05) is 17.7 Å². The van der Waals surface area contributed by atoms with Gasteiger partial charge in [0.15, 0.2) is 5.82 Å². The Bertz CT molecular complexity index is 624. The fraction of sp³-hybridized carbons (Fsp3) is 0.200. The van der Waals surface area contributed by atoms with Gasteiger partial charge < -0.3 is 15.7 Å². The molecule has 3 N–H and O–H groups in total. The minimum Gasteiger partial charge on any atom is -0.478 e. The van der Waals surface area contributed by atoms with Crippen LogP contribution in [0, 0.1) is 6.92 Å². The van der Waals surface area contributed by atoms with Crippen molar-refractivity contribution in [1.82, 2.24) is 4.98 Å². The summed E-state index contributed by atoms with van der Waals surface area (Å²) >= 11 is 0. The van der Waals surface area contributed by atoms with Gasteiger partial charge >= 0.3 is 5.97 Å². The van der Waals surface area contributed by atoms with Gasteiger partial charge in [0.2, 0.25) is 0 Å². The van der Waals surface area contributed by atoms with E-state index in [1.54, 1.807) is 0 Å². The van der Waals surface area contributed by atoms with Gasteiger partial charge in [0.05, 0.1) is 11.3 Å². The molecule has 0 aliphatic carbocycles. The van der Waals surface area contributed by atoms with Crippen LogP contribution in [0.25, 0.3) is 0 Å². The average Bonchev–Trinajstić information content (AvgIpc) is 2.41. The topological polar surface area (TPSA) is 79.5 Å². The molecule has 0 saturated carbocycles. The number of carboxylic acid groups (broad SMARTS) is 1. The molecule has 2 aromatic rings. The van der Waals surface area contributed by atoms with Crippen molar-refractivity contribution in [1.29, 1.82) is 0 Å². The molecule has 0 spiro atoms. The maximum atomic E-state index is 10.8. The highest BCUT2D eigenvalue weighted by Crippen LogP contribution is 2.21. The van der Waals surface area contributed by atoms with Crippen molar-refractivity contribution in [2.45, 2.75) is 13.5 Å². The number of aromatic carboxylic acids is 1. The molecule has 0 fully saturated rings. The first-order valence-corrected chi connectivity index (χ1v) is 6.23. The number of carboxylic acids is 1. The molecule has 0 amide bonds. The lowest BCUT2D eigenvalue weighted by molar-refractivity contribution is 0.0696. The quantitative estimate of drug-likeness (QED) is 0.892. The minimum absolute atomic E-state index is 0.0926. The van der Waals surface area contributed by atoms with Crippen molar-refractivity contribution in [3.63, 3.8) is 0 Å². The maximum Gasteiger partial charge on any atom is 0.337 e. The van der Waals surface area contributed by atoms with E-state index in [0.717, 1.165) is 5.56 Å². The number of carbonyl (C=O) groups is 1. The number of nitrogens with two attached hydrogens (primary N) is 1. The standard InChI is InChI=1S/C15H17N3O2/c1-10-3-5-11(6-4-10)9-18(2)14-13(16)7-12(8-17-14)15(19)20/h3-8H,9,16H2,1-2H3,(H,19,20). The predicted molar refractivity (Wildman–Crippen MR) is 78.9 cm³/mol. The molecule has 1 aromatic carbocycles. The summed E-state index contributed by atoms with van der Waals surface area (Å²) in [6.07, 6.45) is 1.32. The molecule has 0 radical (unpaired) electrons. The van der Waals surface area contributed by atoms with Gasteiger partial charge in [-0.1, -0.05) is 29.8 Å². The number of nitrogens with zero attached hydrogens (tertiary/aromatic N) is 2. The molecule has 1 heterocycles. The van der Waals surface area contributed by atoms with Crippen molar-refractivity contribution in [3.05, 3.63) is 53.2 Å². The molecular weight excluding hydrogens is 254 g/mol. The molecule has 0 saturated heterocycles. The highest BCUT2D eigenvalue weighted by Gasteiger charge is 2.11. The van der Waals surface area contributed by atoms with E-state index in [4.69, 9.17) is 10.8 Å². The molecule has 2 rings (SSSR count). The first kappa shape index (κ1) is 13.9. The van der Waals surface area contributed by atoms with Gasteiger partial charge in [-0.05, 0) is 18.6 Å². The number of hydrogen-bond donors (Lipinski definition) is 2. The van der Waals surface area contributed by atoms with Crippen molar-refractivity contribution in [2.24, 2.45) is 0 Å². The molecule has 0 aliphatic heterocycles. The molecule has 20 heavy (non-hydrogen) atoms. The number of rotatable bonds is 4. The highest BCUT2D eigenvalue weighted by molar-refractivity contribution is 5.89. The third kappa shape index (κ3) is 3.06. The summed E-state index contributed by atoms with van der Waals surface area (Å²) in [4.78, 5) is 16.9. The fourth-order valence-electron chi connectivity index (χ4n) is 1.95. The molecule has 1 aromatic heterocycles. The Morgan fingerprint density at radius 1 is 1.35 bits per heavy atom. The Hall–Kier alpha value is -2.56. The van der Waals surface area contributed by atoms with E-state index in [1.165, 1.54) is 17.8 Å². The SMILES string of the molecule is Cc1ccc(CN(C)c2ncc(C(=O)O)cc2N)cc1. The first-order valence-electron chi connectivity index (χ1n) is 6.23. The number of hydrogen-bond acceptors (Lipinski definition) is 4. The van der Waals surface area contributed by atoms with E-state index in [-0.39, 0.29) is 5.56 Å². The van der Waals surface area contributed by atoms with E-state index < -0.39 is 5.97 Å². The smallest absolute Gasteiger partial charge is 0.337 e. The largest absolute Gasteiger partial charge is 0.478 e. The summed E-state index contributed by atoms with van der Waals surface area (Å²) < 4.78 is 0. The zero-order valence-electron chi connectivity index (χ0n) is 11.5. The van der Waals surface area contributed by atoms with E-state index in [0.29, 0.717) is 18.1 Å². The van der Waals surface area contributed by atoms with Crippen LogP contribution < -0.4 is 10.6 Å². The fourth-order valence-corrected chi connectivity index (χ4v) is 1.95. The van der Waals surface area contributed by atoms with Crippen LogP contribution in [0.3, 0.4) is 0 Å². The van der Waals surface area contributed by atoms with Gasteiger partial charge in [0.25, 0.3) is 0 Å². The Kier molecular flexibility index (Phi) is 3.89. The monoisotopic (exact) mass is 271 g/mol. The highest BCUT2D eigenvalue weighted by atomic mass is 16.4. The second-order valence-electron chi connectivity index (χ2n) is 4.78. The zero-order chi connectivity index (χ0) is 14.7. The Morgan fingerprint density at radius 2 is 2.00 bits per heavy atom. The number of anilines is 2. The van der Waals surface area contributed by atoms with Gasteiger partial charge in [0.1, 0.15) is 0 Å². The summed E-state index contributed by atoms with van der Waals surface area (Å²) in [5, 5.41) is 8.89. The van der Waals surface area contributed by atoms with Crippen molar-refractivity contribution in [3.8, 4) is 0 Å². The Labute approximate surface area is 117 Å². The normalized spacial score (nSPS) is 10.3. The Morgan fingerprint density at radius 3 is 2.55 bits per heavy atom.